The highest BCUT2D eigenvalue weighted by molar-refractivity contribution is 6.39. The minimum Gasteiger partial charge on any atom is -0.493 e. The fourth-order valence-electron chi connectivity index (χ4n) is 2.47. The van der Waals surface area contributed by atoms with Crippen LogP contribution in [0.2, 0.25) is 0 Å². The molecule has 0 spiro atoms. The second-order valence-electron chi connectivity index (χ2n) is 5.54. The van der Waals surface area contributed by atoms with Crippen molar-refractivity contribution in [2.45, 2.75) is 26.3 Å². The third kappa shape index (κ3) is 4.04. The lowest BCUT2D eigenvalue weighted by Gasteiger charge is -2.23. The number of hydrazone groups is 1. The molecule has 0 aliphatic carbocycles. The van der Waals surface area contributed by atoms with Crippen LogP contribution in [0.5, 0.6) is 11.5 Å². The molecular weight excluding hydrogens is 310 g/mol. The Morgan fingerprint density at radius 2 is 2.08 bits per heavy atom. The molecule has 0 bridgehead atoms. The molecule has 0 atom stereocenters. The maximum Gasteiger partial charge on any atom is 0.270 e. The first kappa shape index (κ1) is 17.8. The number of hydrogen-bond donors (Lipinski definition) is 0. The predicted octanol–water partition coefficient (Wildman–Crippen LogP) is 1.66. The number of carbonyl (C=O) groups is 2. The number of rotatable bonds is 6. The Labute approximate surface area is 141 Å². The second kappa shape index (κ2) is 7.81. The van der Waals surface area contributed by atoms with Crippen molar-refractivity contribution < 1.29 is 19.1 Å². The number of carbonyl (C=O) groups excluding carboxylic acids is 2. The van der Waals surface area contributed by atoms with Gasteiger partial charge in [-0.15, -0.1) is 0 Å². The number of hydrogen-bond acceptors (Lipinski definition) is 5. The smallest absolute Gasteiger partial charge is 0.270 e. The highest BCUT2D eigenvalue weighted by atomic mass is 16.5. The monoisotopic (exact) mass is 333 g/mol. The highest BCUT2D eigenvalue weighted by Crippen LogP contribution is 2.28. The Kier molecular flexibility index (Phi) is 5.78. The normalized spacial score (nSPS) is 14.2. The summed E-state index contributed by atoms with van der Waals surface area (Å²) < 4.78 is 10.8. The van der Waals surface area contributed by atoms with Gasteiger partial charge in [-0.2, -0.15) is 5.10 Å². The quantitative estimate of drug-likeness (QED) is 0.794. The average Bonchev–Trinajstić information content (AvgIpc) is 2.58. The summed E-state index contributed by atoms with van der Waals surface area (Å²) in [6.07, 6.45) is 0.685. The van der Waals surface area contributed by atoms with Gasteiger partial charge in [-0.3, -0.25) is 9.59 Å². The van der Waals surface area contributed by atoms with Gasteiger partial charge in [0.2, 0.25) is 5.91 Å². The van der Waals surface area contributed by atoms with Crippen molar-refractivity contribution in [1.82, 2.24) is 9.91 Å². The summed E-state index contributed by atoms with van der Waals surface area (Å²) in [6, 6.07) is 5.59. The summed E-state index contributed by atoms with van der Waals surface area (Å²) in [6.45, 7) is 2.88. The summed E-state index contributed by atoms with van der Waals surface area (Å²) in [7, 11) is 4.86. The number of ether oxygens (including phenoxy) is 2. The van der Waals surface area contributed by atoms with E-state index in [1.165, 1.54) is 5.01 Å². The SMILES string of the molecule is CCOc1ccc(CN(C)C(=O)C2=NN(C)C(=O)CC2)cc1OC. The van der Waals surface area contributed by atoms with Gasteiger partial charge in [0.25, 0.3) is 5.91 Å². The van der Waals surface area contributed by atoms with Gasteiger partial charge in [-0.25, -0.2) is 5.01 Å². The topological polar surface area (TPSA) is 71.4 Å². The van der Waals surface area contributed by atoms with Crippen LogP contribution < -0.4 is 9.47 Å². The fourth-order valence-corrected chi connectivity index (χ4v) is 2.47. The summed E-state index contributed by atoms with van der Waals surface area (Å²) in [4.78, 5) is 25.5. The van der Waals surface area contributed by atoms with Crippen LogP contribution in [-0.4, -0.2) is 55.2 Å². The van der Waals surface area contributed by atoms with Crippen LogP contribution in [0.4, 0.5) is 0 Å². The summed E-state index contributed by atoms with van der Waals surface area (Å²) >= 11 is 0. The Balaban J connectivity index is 2.09. The Morgan fingerprint density at radius 3 is 2.71 bits per heavy atom. The van der Waals surface area contributed by atoms with Gasteiger partial charge < -0.3 is 14.4 Å². The zero-order chi connectivity index (χ0) is 17.7. The van der Waals surface area contributed by atoms with E-state index in [1.807, 2.05) is 25.1 Å². The molecule has 0 saturated heterocycles. The molecule has 0 fully saturated rings. The van der Waals surface area contributed by atoms with Gasteiger partial charge in [0.05, 0.1) is 13.7 Å². The molecule has 1 aliphatic rings. The molecule has 24 heavy (non-hydrogen) atoms. The van der Waals surface area contributed by atoms with Gasteiger partial charge in [0, 0.05) is 33.5 Å². The predicted molar refractivity (Wildman–Crippen MR) is 90.1 cm³/mol. The standard InChI is InChI=1S/C17H23N3O4/c1-5-24-14-8-6-12(10-15(14)23-4)11-19(2)17(22)13-7-9-16(21)20(3)18-13/h6,8,10H,5,7,9,11H2,1-4H3. The van der Waals surface area contributed by atoms with Crippen molar-refractivity contribution >= 4 is 17.5 Å². The van der Waals surface area contributed by atoms with Crippen LogP contribution in [0, 0.1) is 0 Å². The van der Waals surface area contributed by atoms with Gasteiger partial charge in [-0.05, 0) is 24.6 Å². The Morgan fingerprint density at radius 1 is 1.33 bits per heavy atom. The number of methoxy groups -OCH3 is 1. The minimum absolute atomic E-state index is 0.0783. The zero-order valence-corrected chi connectivity index (χ0v) is 14.5. The van der Waals surface area contributed by atoms with E-state index in [9.17, 15) is 9.59 Å². The van der Waals surface area contributed by atoms with E-state index in [2.05, 4.69) is 5.10 Å². The van der Waals surface area contributed by atoms with Crippen LogP contribution in [0.1, 0.15) is 25.3 Å². The first-order valence-corrected chi connectivity index (χ1v) is 7.85. The fraction of sp³-hybridized carbons (Fsp3) is 0.471. The second-order valence-corrected chi connectivity index (χ2v) is 5.54. The van der Waals surface area contributed by atoms with Crippen LogP contribution in [0.15, 0.2) is 23.3 Å². The van der Waals surface area contributed by atoms with E-state index in [4.69, 9.17) is 9.47 Å². The molecule has 0 radical (unpaired) electrons. The van der Waals surface area contributed by atoms with Gasteiger partial charge >= 0.3 is 0 Å². The molecule has 0 N–H and O–H groups in total. The highest BCUT2D eigenvalue weighted by Gasteiger charge is 2.24. The molecule has 0 unspecified atom stereocenters. The lowest BCUT2D eigenvalue weighted by molar-refractivity contribution is -0.130. The first-order chi connectivity index (χ1) is 11.5. The van der Waals surface area contributed by atoms with Crippen molar-refractivity contribution in [1.29, 1.82) is 0 Å². The molecule has 0 saturated carbocycles. The third-order valence-electron chi connectivity index (χ3n) is 3.75. The lowest BCUT2D eigenvalue weighted by atomic mass is 10.1. The number of nitrogens with zero attached hydrogens (tertiary/aromatic N) is 3. The molecule has 2 rings (SSSR count). The number of amides is 2. The molecule has 7 nitrogen and oxygen atoms in total. The van der Waals surface area contributed by atoms with Crippen LogP contribution in [0.25, 0.3) is 0 Å². The van der Waals surface area contributed by atoms with Gasteiger partial charge in [0.15, 0.2) is 11.5 Å². The van der Waals surface area contributed by atoms with Gasteiger partial charge in [0.1, 0.15) is 5.71 Å². The van der Waals surface area contributed by atoms with Crippen molar-refractivity contribution in [2.24, 2.45) is 5.10 Å². The van der Waals surface area contributed by atoms with Crippen molar-refractivity contribution in [2.75, 3.05) is 27.8 Å². The summed E-state index contributed by atoms with van der Waals surface area (Å²) in [5.41, 5.74) is 1.32. The van der Waals surface area contributed by atoms with E-state index >= 15 is 0 Å². The van der Waals surface area contributed by atoms with Gasteiger partial charge in [-0.1, -0.05) is 6.07 Å². The molecule has 1 aromatic rings. The Hall–Kier alpha value is -2.57. The molecule has 7 heteroatoms. The first-order valence-electron chi connectivity index (χ1n) is 7.85. The average molecular weight is 333 g/mol. The van der Waals surface area contributed by atoms with E-state index in [1.54, 1.807) is 26.1 Å². The van der Waals surface area contributed by atoms with Crippen molar-refractivity contribution in [3.63, 3.8) is 0 Å². The van der Waals surface area contributed by atoms with E-state index in [0.29, 0.717) is 43.2 Å². The minimum atomic E-state index is -0.179. The lowest BCUT2D eigenvalue weighted by Crippen LogP contribution is -2.38. The summed E-state index contributed by atoms with van der Waals surface area (Å²) in [5.74, 6) is 1.05. The maximum absolute atomic E-state index is 12.5. The van der Waals surface area contributed by atoms with E-state index in [0.717, 1.165) is 5.56 Å². The third-order valence-corrected chi connectivity index (χ3v) is 3.75. The molecule has 130 valence electrons. The molecule has 0 aromatic heterocycles. The maximum atomic E-state index is 12.5. The van der Waals surface area contributed by atoms with Crippen molar-refractivity contribution in [3.8, 4) is 11.5 Å². The Bertz CT molecular complexity index is 657. The molecule has 1 aromatic carbocycles. The molecule has 2 amide bonds. The molecule has 1 aliphatic heterocycles. The van der Waals surface area contributed by atoms with E-state index < -0.39 is 0 Å². The van der Waals surface area contributed by atoms with Crippen LogP contribution in [0.3, 0.4) is 0 Å². The molecule has 1 heterocycles. The van der Waals surface area contributed by atoms with E-state index in [-0.39, 0.29) is 11.8 Å². The largest absolute Gasteiger partial charge is 0.493 e. The molecular formula is C17H23N3O4. The number of benzene rings is 1. The zero-order valence-electron chi connectivity index (χ0n) is 14.5. The van der Waals surface area contributed by atoms with Crippen molar-refractivity contribution in [3.05, 3.63) is 23.8 Å². The van der Waals surface area contributed by atoms with Crippen LogP contribution >= 0.6 is 0 Å². The van der Waals surface area contributed by atoms with Crippen LogP contribution in [-0.2, 0) is 16.1 Å². The summed E-state index contributed by atoms with van der Waals surface area (Å²) in [5, 5.41) is 5.29.